The minimum atomic E-state index is -4.31. The highest BCUT2D eigenvalue weighted by atomic mass is 32.2. The van der Waals surface area contributed by atoms with Gasteiger partial charge in [-0.1, -0.05) is 20.8 Å². The van der Waals surface area contributed by atoms with Gasteiger partial charge in [-0.3, -0.25) is 28.5 Å². The molecule has 182 valence electrons. The van der Waals surface area contributed by atoms with Crippen molar-refractivity contribution in [2.45, 2.75) is 33.7 Å². The number of fused-ring (bicyclic) bond motifs is 2. The Hall–Kier alpha value is -3.08. The Bertz CT molecular complexity index is 1630. The van der Waals surface area contributed by atoms with E-state index in [1.807, 2.05) is 20.8 Å². The van der Waals surface area contributed by atoms with Crippen LogP contribution in [0.15, 0.2) is 46.1 Å². The molecule has 1 aromatic carbocycles. The number of anilines is 2. The lowest BCUT2D eigenvalue weighted by molar-refractivity contribution is 0.331. The molecule has 0 radical (unpaired) electrons. The van der Waals surface area contributed by atoms with E-state index < -0.39 is 28.5 Å². The van der Waals surface area contributed by atoms with E-state index >= 15 is 0 Å². The number of nitrogens with one attached hydrogen (secondary N) is 3. The second-order valence-corrected chi connectivity index (χ2v) is 13.1. The molecule has 3 heterocycles. The van der Waals surface area contributed by atoms with Crippen molar-refractivity contribution in [3.8, 4) is 0 Å². The molecule has 1 aliphatic rings. The van der Waals surface area contributed by atoms with Crippen molar-refractivity contribution in [1.82, 2.24) is 14.3 Å². The summed E-state index contributed by atoms with van der Waals surface area (Å²) in [6.07, 6.45) is 3.25. The molecular weight excluding hydrogens is 481 g/mol. The first-order chi connectivity index (χ1) is 15.7. The summed E-state index contributed by atoms with van der Waals surface area (Å²) < 4.78 is 41.4. The number of aromatic nitrogens is 2. The summed E-state index contributed by atoms with van der Waals surface area (Å²) in [4.78, 5) is 37.4. The Morgan fingerprint density at radius 3 is 2.53 bits per heavy atom. The summed E-state index contributed by atoms with van der Waals surface area (Å²) in [5.74, 6) is -0.176. The van der Waals surface area contributed by atoms with Gasteiger partial charge in [-0.25, -0.2) is 13.1 Å². The molecule has 4 N–H and O–H groups in total. The fraction of sp³-hybridized carbons (Fsp3) is 0.333. The highest BCUT2D eigenvalue weighted by Gasteiger charge is 2.33. The van der Waals surface area contributed by atoms with Crippen LogP contribution in [0, 0.1) is 5.41 Å². The molecule has 1 atom stereocenters. The second-order valence-electron chi connectivity index (χ2n) is 9.48. The molecule has 13 heteroatoms. The number of rotatable bonds is 4. The summed E-state index contributed by atoms with van der Waals surface area (Å²) in [6, 6.07) is 7.28. The molecule has 34 heavy (non-hydrogen) atoms. The van der Waals surface area contributed by atoms with Gasteiger partial charge in [-0.15, -0.1) is 0 Å². The zero-order valence-electron chi connectivity index (χ0n) is 19.1. The van der Waals surface area contributed by atoms with Crippen molar-refractivity contribution in [2.75, 3.05) is 16.3 Å². The van der Waals surface area contributed by atoms with Crippen LogP contribution < -0.4 is 36.6 Å². The first-order valence-electron chi connectivity index (χ1n) is 10.5. The van der Waals surface area contributed by atoms with Crippen LogP contribution in [0.3, 0.4) is 0 Å². The van der Waals surface area contributed by atoms with Gasteiger partial charge in [-0.05, 0) is 42.2 Å². The zero-order chi connectivity index (χ0) is 25.1. The quantitative estimate of drug-likeness (QED) is 0.375. The summed E-state index contributed by atoms with van der Waals surface area (Å²) in [6.45, 7) is 6.46. The van der Waals surface area contributed by atoms with E-state index in [4.69, 9.17) is 0 Å². The maximum Gasteiger partial charge on any atom is 0.324 e. The van der Waals surface area contributed by atoms with Gasteiger partial charge in [0.05, 0.1) is 17.2 Å². The van der Waals surface area contributed by atoms with Gasteiger partial charge in [0.25, 0.3) is 5.56 Å². The molecule has 0 spiro atoms. The molecule has 0 saturated heterocycles. The Morgan fingerprint density at radius 1 is 1.18 bits per heavy atom. The average Bonchev–Trinajstić information content (AvgIpc) is 3.16. The third-order valence-electron chi connectivity index (χ3n) is 5.37. The number of sulfonamides is 1. The van der Waals surface area contributed by atoms with Crippen LogP contribution >= 0.6 is 7.52 Å². The molecular formula is C21H26N5O6PS. The van der Waals surface area contributed by atoms with E-state index in [0.29, 0.717) is 13.0 Å². The standard InChI is InChI=1S/C21H26N5O6PS/c1-21(2,3)9-11-26-20(28)17(18(27)15-6-5-10-25(15)26)19-22-14-8-7-13(24-34(4,31)32)12-16(14)33(29,30)23-19/h5-8,10,12,22,24H,9,11H2,1-4H3,(H2,23,29,30)/b19-17+. The van der Waals surface area contributed by atoms with E-state index in [-0.39, 0.29) is 38.7 Å². The van der Waals surface area contributed by atoms with E-state index in [1.165, 1.54) is 27.4 Å². The normalized spacial score (nSPS) is 19.9. The number of nitrogens with zero attached hydrogens (tertiary/aromatic N) is 2. The molecule has 4 rings (SSSR count). The van der Waals surface area contributed by atoms with Crippen LogP contribution in [-0.4, -0.2) is 28.8 Å². The molecule has 0 fully saturated rings. The Kier molecular flexibility index (Phi) is 5.66. The number of hydrogen-bond donors (Lipinski definition) is 4. The number of benzene rings is 1. The van der Waals surface area contributed by atoms with E-state index in [1.54, 1.807) is 18.3 Å². The second kappa shape index (κ2) is 8.00. The maximum atomic E-state index is 13.4. The maximum absolute atomic E-state index is 13.4. The van der Waals surface area contributed by atoms with Crippen LogP contribution in [0.25, 0.3) is 11.3 Å². The minimum Gasteiger partial charge on any atom is -0.340 e. The van der Waals surface area contributed by atoms with Crippen LogP contribution in [0.5, 0.6) is 0 Å². The molecule has 0 bridgehead atoms. The van der Waals surface area contributed by atoms with Crippen molar-refractivity contribution in [3.05, 3.63) is 62.3 Å². The van der Waals surface area contributed by atoms with Crippen LogP contribution in [0.2, 0.25) is 0 Å². The lowest BCUT2D eigenvalue weighted by Gasteiger charge is -2.27. The minimum absolute atomic E-state index is 0.0683. The smallest absolute Gasteiger partial charge is 0.324 e. The van der Waals surface area contributed by atoms with Gasteiger partial charge in [0.2, 0.25) is 15.5 Å². The molecule has 11 nitrogen and oxygen atoms in total. The predicted molar refractivity (Wildman–Crippen MR) is 132 cm³/mol. The molecule has 2 aromatic heterocycles. The summed E-state index contributed by atoms with van der Waals surface area (Å²) in [5.41, 5.74) is -0.727. The highest BCUT2D eigenvalue weighted by molar-refractivity contribution is 7.92. The fourth-order valence-electron chi connectivity index (χ4n) is 3.74. The SMILES string of the molecule is CC(C)(C)CCn1c(=O)/c(=C2\Nc3ccc(NS(C)(=O)=O)cc3P(=O)(O)N2)c(=O)c2cccn21. The van der Waals surface area contributed by atoms with Crippen LogP contribution in [0.4, 0.5) is 11.4 Å². The topological polar surface area (TPSA) is 151 Å². The van der Waals surface area contributed by atoms with Crippen molar-refractivity contribution in [2.24, 2.45) is 5.41 Å². The van der Waals surface area contributed by atoms with Gasteiger partial charge in [0.1, 0.15) is 16.6 Å². The Balaban J connectivity index is 1.92. The summed E-state index contributed by atoms with van der Waals surface area (Å²) in [7, 11) is -7.91. The van der Waals surface area contributed by atoms with Gasteiger partial charge in [-0.2, -0.15) is 0 Å². The molecule has 1 unspecified atom stereocenters. The van der Waals surface area contributed by atoms with Gasteiger partial charge >= 0.3 is 7.52 Å². The zero-order valence-corrected chi connectivity index (χ0v) is 20.8. The summed E-state index contributed by atoms with van der Waals surface area (Å²) in [5, 5.41) is 4.91. The predicted octanol–water partition coefficient (Wildman–Crippen LogP) is 0.580. The van der Waals surface area contributed by atoms with Crippen molar-refractivity contribution < 1.29 is 17.9 Å². The third kappa shape index (κ3) is 4.61. The lowest BCUT2D eigenvalue weighted by atomic mass is 9.92. The highest BCUT2D eigenvalue weighted by Crippen LogP contribution is 2.42. The fourth-order valence-corrected chi connectivity index (χ4v) is 5.66. The Labute approximate surface area is 195 Å². The number of hydrogen-bond acceptors (Lipinski definition) is 6. The first-order valence-corrected chi connectivity index (χ1v) is 14.0. The van der Waals surface area contributed by atoms with Crippen LogP contribution in [-0.2, 0) is 21.1 Å². The molecule has 0 saturated carbocycles. The van der Waals surface area contributed by atoms with E-state index in [9.17, 15) is 27.5 Å². The Morgan fingerprint density at radius 2 is 1.88 bits per heavy atom. The molecule has 1 aliphatic heterocycles. The van der Waals surface area contributed by atoms with Crippen molar-refractivity contribution >= 4 is 45.6 Å². The lowest BCUT2D eigenvalue weighted by Crippen LogP contribution is -2.52. The van der Waals surface area contributed by atoms with Gasteiger partial charge < -0.3 is 10.2 Å². The van der Waals surface area contributed by atoms with Crippen molar-refractivity contribution in [1.29, 1.82) is 0 Å². The van der Waals surface area contributed by atoms with Crippen molar-refractivity contribution in [3.63, 3.8) is 0 Å². The third-order valence-corrected chi connectivity index (χ3v) is 7.53. The average molecular weight is 508 g/mol. The number of aryl methyl sites for hydroxylation is 1. The monoisotopic (exact) mass is 507 g/mol. The van der Waals surface area contributed by atoms with E-state index in [2.05, 4.69) is 15.1 Å². The molecule has 0 aliphatic carbocycles. The molecule has 3 aromatic rings. The largest absolute Gasteiger partial charge is 0.340 e. The summed E-state index contributed by atoms with van der Waals surface area (Å²) >= 11 is 0. The van der Waals surface area contributed by atoms with Gasteiger partial charge in [0.15, 0.2) is 0 Å². The van der Waals surface area contributed by atoms with Crippen LogP contribution in [0.1, 0.15) is 27.2 Å². The van der Waals surface area contributed by atoms with E-state index in [0.717, 1.165) is 6.26 Å². The molecule has 0 amide bonds. The first kappa shape index (κ1) is 24.1. The van der Waals surface area contributed by atoms with Gasteiger partial charge in [0, 0.05) is 18.4 Å².